The van der Waals surface area contributed by atoms with Crippen LogP contribution in [0.5, 0.6) is 0 Å². The van der Waals surface area contributed by atoms with Crippen LogP contribution in [0.25, 0.3) is 11.3 Å². The first-order valence-electron chi connectivity index (χ1n) is 9.17. The Labute approximate surface area is 159 Å². The van der Waals surface area contributed by atoms with Crippen LogP contribution in [0, 0.1) is 0 Å². The maximum atomic E-state index is 13.0. The number of allylic oxidation sites excluding steroid dienone is 4. The fraction of sp³-hybridized carbons (Fsp3) is 0. The van der Waals surface area contributed by atoms with Gasteiger partial charge in [0.25, 0.3) is 0 Å². The summed E-state index contributed by atoms with van der Waals surface area (Å²) in [7, 11) is -2.46. The number of ketones is 1. The summed E-state index contributed by atoms with van der Waals surface area (Å²) >= 11 is 0. The molecule has 0 radical (unpaired) electrons. The first-order chi connectivity index (χ1) is 13.3. The monoisotopic (exact) mass is 362 g/mol. The van der Waals surface area contributed by atoms with Gasteiger partial charge in [0.1, 0.15) is 0 Å². The van der Waals surface area contributed by atoms with Gasteiger partial charge in [-0.05, 0) is 32.1 Å². The van der Waals surface area contributed by atoms with E-state index in [-0.39, 0.29) is 5.78 Å². The van der Waals surface area contributed by atoms with E-state index in [0.29, 0.717) is 0 Å². The molecule has 27 heavy (non-hydrogen) atoms. The topological polar surface area (TPSA) is 17.1 Å². The highest BCUT2D eigenvalue weighted by atomic mass is 28.3. The Morgan fingerprint density at radius 3 is 1.93 bits per heavy atom. The Hall–Kier alpha value is -3.23. The Bertz CT molecular complexity index is 1180. The van der Waals surface area contributed by atoms with E-state index in [1.807, 2.05) is 12.1 Å². The lowest BCUT2D eigenvalue weighted by Gasteiger charge is -2.36. The second-order valence-electron chi connectivity index (χ2n) is 6.95. The van der Waals surface area contributed by atoms with Gasteiger partial charge < -0.3 is 0 Å². The summed E-state index contributed by atoms with van der Waals surface area (Å²) < 4.78 is 0. The largest absolute Gasteiger partial charge is 0.289 e. The molecule has 3 aromatic carbocycles. The number of hydrogen-bond donors (Lipinski definition) is 0. The predicted octanol–water partition coefficient (Wildman–Crippen LogP) is 2.04. The van der Waals surface area contributed by atoms with Gasteiger partial charge in [-0.2, -0.15) is 0 Å². The summed E-state index contributed by atoms with van der Waals surface area (Å²) in [5.74, 6) is 0.108. The molecule has 0 fully saturated rings. The van der Waals surface area contributed by atoms with Crippen LogP contribution in [0.15, 0.2) is 108 Å². The molecular weight excluding hydrogens is 344 g/mol. The van der Waals surface area contributed by atoms with Crippen LogP contribution < -0.4 is 20.8 Å². The van der Waals surface area contributed by atoms with Crippen LogP contribution in [0.3, 0.4) is 0 Å². The second kappa shape index (κ2) is 6.18. The minimum atomic E-state index is -2.46. The maximum absolute atomic E-state index is 13.0. The Morgan fingerprint density at radius 2 is 1.26 bits per heavy atom. The van der Waals surface area contributed by atoms with Gasteiger partial charge in [0.2, 0.25) is 0 Å². The summed E-state index contributed by atoms with van der Waals surface area (Å²) in [5, 5.41) is 6.00. The van der Waals surface area contributed by atoms with Crippen molar-refractivity contribution in [2.75, 3.05) is 0 Å². The summed E-state index contributed by atoms with van der Waals surface area (Å²) in [6, 6.07) is 29.6. The fourth-order valence-corrected chi connectivity index (χ4v) is 8.96. The third-order valence-corrected chi connectivity index (χ3v) is 10.0. The van der Waals surface area contributed by atoms with Gasteiger partial charge in [0, 0.05) is 5.57 Å². The van der Waals surface area contributed by atoms with Crippen LogP contribution in [0.4, 0.5) is 0 Å². The van der Waals surface area contributed by atoms with Crippen molar-refractivity contribution in [2.45, 2.75) is 0 Å². The van der Waals surface area contributed by atoms with Crippen LogP contribution in [0.2, 0.25) is 0 Å². The van der Waals surface area contributed by atoms with Crippen molar-refractivity contribution < 1.29 is 4.79 Å². The average Bonchev–Trinajstić information content (AvgIpc) is 2.74. The minimum absolute atomic E-state index is 0.108. The molecule has 2 aliphatic rings. The van der Waals surface area contributed by atoms with Gasteiger partial charge >= 0.3 is 0 Å². The standard InChI is InChI=1S/C25H18OSi/c26-23-16-9-17-24-25(23)22-15-8-7-10-19(22)18-27(24,20-11-3-1-4-12-20)21-13-5-2-6-14-21/h1-18H. The van der Waals surface area contributed by atoms with Crippen LogP contribution in [0.1, 0.15) is 0 Å². The maximum Gasteiger partial charge on any atom is 0.186 e. The third-order valence-electron chi connectivity index (χ3n) is 5.51. The lowest BCUT2D eigenvalue weighted by molar-refractivity contribution is -0.109. The molecule has 1 aliphatic carbocycles. The molecule has 1 heterocycles. The quantitative estimate of drug-likeness (QED) is 0.638. The van der Waals surface area contributed by atoms with Crippen LogP contribution in [-0.4, -0.2) is 13.9 Å². The van der Waals surface area contributed by atoms with Crippen molar-refractivity contribution in [3.05, 3.63) is 119 Å². The number of benzene rings is 3. The van der Waals surface area contributed by atoms with E-state index < -0.39 is 8.07 Å². The van der Waals surface area contributed by atoms with Crippen LogP contribution >= 0.6 is 0 Å². The number of hydrogen-bond acceptors (Lipinski definition) is 1. The molecule has 1 nitrogen and oxygen atoms in total. The second-order valence-corrected chi connectivity index (χ2v) is 10.5. The molecule has 0 bridgehead atoms. The number of carbonyl (C=O) groups is 1. The molecule has 0 saturated carbocycles. The zero-order valence-electron chi connectivity index (χ0n) is 14.8. The van der Waals surface area contributed by atoms with Gasteiger partial charge in [-0.15, -0.1) is 0 Å². The molecule has 128 valence electrons. The van der Waals surface area contributed by atoms with Crippen molar-refractivity contribution >= 4 is 35.5 Å². The highest BCUT2D eigenvalue weighted by Crippen LogP contribution is 2.29. The molecular formula is C25H18OSi. The van der Waals surface area contributed by atoms with E-state index in [9.17, 15) is 4.79 Å². The molecule has 3 aromatic rings. The molecule has 0 saturated heterocycles. The molecule has 0 atom stereocenters. The summed E-state index contributed by atoms with van der Waals surface area (Å²) in [6.07, 6.45) is 5.77. The molecule has 0 spiro atoms. The predicted molar refractivity (Wildman–Crippen MR) is 114 cm³/mol. The molecule has 2 heteroatoms. The Morgan fingerprint density at radius 1 is 0.667 bits per heavy atom. The third kappa shape index (κ3) is 2.34. The van der Waals surface area contributed by atoms with E-state index >= 15 is 0 Å². The van der Waals surface area contributed by atoms with Crippen molar-refractivity contribution in [2.24, 2.45) is 0 Å². The molecule has 1 aliphatic heterocycles. The number of carbonyl (C=O) groups excluding carboxylic acids is 1. The van der Waals surface area contributed by atoms with Gasteiger partial charge in [-0.25, -0.2) is 0 Å². The van der Waals surface area contributed by atoms with E-state index in [4.69, 9.17) is 0 Å². The van der Waals surface area contributed by atoms with Gasteiger partial charge in [0.15, 0.2) is 13.9 Å². The summed E-state index contributed by atoms with van der Waals surface area (Å²) in [4.78, 5) is 13.0. The van der Waals surface area contributed by atoms with E-state index in [0.717, 1.165) is 16.0 Å². The summed E-state index contributed by atoms with van der Waals surface area (Å²) in [6.45, 7) is 0. The Kier molecular flexibility index (Phi) is 3.66. The lowest BCUT2D eigenvalue weighted by Crippen LogP contribution is -2.63. The number of fused-ring (bicyclic) bond motifs is 2. The van der Waals surface area contributed by atoms with Crippen molar-refractivity contribution in [1.29, 1.82) is 0 Å². The molecule has 0 unspecified atom stereocenters. The van der Waals surface area contributed by atoms with Crippen molar-refractivity contribution in [1.82, 2.24) is 0 Å². The van der Waals surface area contributed by atoms with Crippen molar-refractivity contribution in [3.8, 4) is 0 Å². The zero-order chi connectivity index (χ0) is 18.3. The molecule has 0 aromatic heterocycles. The summed E-state index contributed by atoms with van der Waals surface area (Å²) in [5.41, 5.74) is 3.32. The normalized spacial score (nSPS) is 16.8. The van der Waals surface area contributed by atoms with Crippen molar-refractivity contribution in [3.63, 3.8) is 0 Å². The van der Waals surface area contributed by atoms with E-state index in [1.165, 1.54) is 15.6 Å². The van der Waals surface area contributed by atoms with E-state index in [1.54, 1.807) is 6.08 Å². The highest BCUT2D eigenvalue weighted by molar-refractivity contribution is 7.18. The number of rotatable bonds is 2. The van der Waals surface area contributed by atoms with E-state index in [2.05, 4.69) is 90.6 Å². The first kappa shape index (κ1) is 16.0. The SMILES string of the molecule is O=C1C=CC=C2C1=c1ccccc1=C[Si]2(c1ccccc1)c1ccccc1. The zero-order valence-corrected chi connectivity index (χ0v) is 15.8. The van der Waals surface area contributed by atoms with Gasteiger partial charge in [0.05, 0.1) is 0 Å². The van der Waals surface area contributed by atoms with Gasteiger partial charge in [-0.3, -0.25) is 4.79 Å². The minimum Gasteiger partial charge on any atom is -0.289 e. The first-order valence-corrected chi connectivity index (χ1v) is 11.3. The molecule has 0 N–H and O–H groups in total. The lowest BCUT2D eigenvalue weighted by atomic mass is 10.0. The van der Waals surface area contributed by atoms with Crippen LogP contribution in [-0.2, 0) is 4.79 Å². The molecule has 0 amide bonds. The average molecular weight is 363 g/mol. The molecule has 5 rings (SSSR count). The smallest absolute Gasteiger partial charge is 0.186 e. The highest BCUT2D eigenvalue weighted by Gasteiger charge is 2.43. The fourth-order valence-electron chi connectivity index (χ4n) is 4.35. The van der Waals surface area contributed by atoms with Gasteiger partial charge in [-0.1, -0.05) is 103 Å². The Balaban J connectivity index is 1.99.